The van der Waals surface area contributed by atoms with Crippen molar-refractivity contribution in [1.82, 2.24) is 4.72 Å². The zero-order chi connectivity index (χ0) is 13.2. The minimum atomic E-state index is -3.51. The third-order valence-corrected chi connectivity index (χ3v) is 6.24. The van der Waals surface area contributed by atoms with Crippen LogP contribution in [0.5, 0.6) is 0 Å². The summed E-state index contributed by atoms with van der Waals surface area (Å²) >= 11 is 1.10. The van der Waals surface area contributed by atoms with Gasteiger partial charge in [0, 0.05) is 23.6 Å². The van der Waals surface area contributed by atoms with E-state index in [1.807, 2.05) is 6.92 Å². The lowest BCUT2D eigenvalue weighted by atomic mass is 9.94. The van der Waals surface area contributed by atoms with Gasteiger partial charge in [-0.05, 0) is 31.9 Å². The molecule has 1 aromatic heterocycles. The zero-order valence-electron chi connectivity index (χ0n) is 10.2. The first-order valence-corrected chi connectivity index (χ1v) is 8.06. The number of aliphatic hydroxyl groups excluding tert-OH is 1. The van der Waals surface area contributed by atoms with E-state index in [1.165, 1.54) is 6.07 Å². The molecule has 7 heteroatoms. The summed E-state index contributed by atoms with van der Waals surface area (Å²) in [6.07, 6.45) is 1.34. The van der Waals surface area contributed by atoms with Gasteiger partial charge in [-0.2, -0.15) is 0 Å². The van der Waals surface area contributed by atoms with Crippen LogP contribution in [-0.4, -0.2) is 32.3 Å². The molecule has 5 nitrogen and oxygen atoms in total. The number of ether oxygens (including phenoxy) is 1. The Balaban J connectivity index is 2.16. The Kier molecular flexibility index (Phi) is 4.08. The van der Waals surface area contributed by atoms with Crippen LogP contribution in [0.1, 0.15) is 24.6 Å². The second kappa shape index (κ2) is 5.26. The second-order valence-electron chi connectivity index (χ2n) is 4.66. The summed E-state index contributed by atoms with van der Waals surface area (Å²) in [5.74, 6) is 0. The van der Waals surface area contributed by atoms with Gasteiger partial charge in [-0.1, -0.05) is 0 Å². The normalized spacial score (nSPS) is 19.9. The van der Waals surface area contributed by atoms with E-state index in [0.717, 1.165) is 11.3 Å². The monoisotopic (exact) mass is 291 g/mol. The van der Waals surface area contributed by atoms with Crippen molar-refractivity contribution in [3.05, 3.63) is 17.0 Å². The lowest BCUT2D eigenvalue weighted by molar-refractivity contribution is 0.0538. The molecule has 18 heavy (non-hydrogen) atoms. The number of aliphatic hydroxyl groups is 1. The minimum Gasteiger partial charge on any atom is -0.391 e. The molecule has 2 N–H and O–H groups in total. The Labute approximate surface area is 111 Å². The van der Waals surface area contributed by atoms with E-state index in [0.29, 0.717) is 30.9 Å². The molecule has 0 aromatic carbocycles. The highest BCUT2D eigenvalue weighted by Gasteiger charge is 2.33. The molecule has 1 aliphatic rings. The van der Waals surface area contributed by atoms with Gasteiger partial charge in [0.2, 0.25) is 0 Å². The van der Waals surface area contributed by atoms with Crippen molar-refractivity contribution in [2.45, 2.75) is 36.1 Å². The number of nitrogens with one attached hydrogen (secondary N) is 1. The predicted molar refractivity (Wildman–Crippen MR) is 69.0 cm³/mol. The summed E-state index contributed by atoms with van der Waals surface area (Å²) in [4.78, 5) is 0.646. The minimum absolute atomic E-state index is 0.134. The summed E-state index contributed by atoms with van der Waals surface area (Å²) in [5.41, 5.74) is -0.444. The fourth-order valence-corrected chi connectivity index (χ4v) is 4.57. The molecule has 1 aromatic rings. The van der Waals surface area contributed by atoms with Crippen LogP contribution >= 0.6 is 11.3 Å². The van der Waals surface area contributed by atoms with Crippen molar-refractivity contribution in [1.29, 1.82) is 0 Å². The largest absolute Gasteiger partial charge is 0.391 e. The first-order valence-electron chi connectivity index (χ1n) is 5.76. The lowest BCUT2D eigenvalue weighted by Crippen LogP contribution is -2.49. The van der Waals surface area contributed by atoms with Gasteiger partial charge < -0.3 is 9.84 Å². The van der Waals surface area contributed by atoms with Gasteiger partial charge in [-0.15, -0.1) is 11.3 Å². The van der Waals surface area contributed by atoms with Crippen molar-refractivity contribution in [3.8, 4) is 0 Å². The van der Waals surface area contributed by atoms with Crippen LogP contribution in [0.3, 0.4) is 0 Å². The van der Waals surface area contributed by atoms with E-state index >= 15 is 0 Å². The number of hydrogen-bond acceptors (Lipinski definition) is 5. The van der Waals surface area contributed by atoms with Crippen LogP contribution in [0.4, 0.5) is 0 Å². The van der Waals surface area contributed by atoms with Gasteiger partial charge >= 0.3 is 0 Å². The van der Waals surface area contributed by atoms with Crippen molar-refractivity contribution in [3.63, 3.8) is 0 Å². The smallest absolute Gasteiger partial charge is 0.250 e. The van der Waals surface area contributed by atoms with Gasteiger partial charge in [0.25, 0.3) is 10.0 Å². The molecule has 2 heterocycles. The van der Waals surface area contributed by atoms with Crippen LogP contribution in [0, 0.1) is 0 Å². The molecule has 0 atom stereocenters. The van der Waals surface area contributed by atoms with Crippen LogP contribution in [0.15, 0.2) is 16.3 Å². The fraction of sp³-hybridized carbons (Fsp3) is 0.636. The van der Waals surface area contributed by atoms with Crippen molar-refractivity contribution in [2.24, 2.45) is 0 Å². The summed E-state index contributed by atoms with van der Waals surface area (Å²) < 4.78 is 32.7. The summed E-state index contributed by atoms with van der Waals surface area (Å²) in [6.45, 7) is 2.91. The number of hydrogen-bond donors (Lipinski definition) is 2. The Bertz CT molecular complexity index is 503. The SMILES string of the molecule is CC1(NS(=O)(=O)c2ccc(CO)s2)CCOCC1. The molecule has 0 amide bonds. The molecule has 1 aliphatic heterocycles. The Morgan fingerprint density at radius 1 is 1.44 bits per heavy atom. The average Bonchev–Trinajstić information content (AvgIpc) is 2.77. The van der Waals surface area contributed by atoms with Crippen LogP contribution in [-0.2, 0) is 21.4 Å². The summed E-state index contributed by atoms with van der Waals surface area (Å²) in [5, 5.41) is 8.97. The maximum absolute atomic E-state index is 12.2. The number of sulfonamides is 1. The van der Waals surface area contributed by atoms with Crippen molar-refractivity contribution >= 4 is 21.4 Å². The Morgan fingerprint density at radius 3 is 2.67 bits per heavy atom. The summed E-state index contributed by atoms with van der Waals surface area (Å²) in [7, 11) is -3.51. The maximum atomic E-state index is 12.2. The standard InChI is InChI=1S/C11H17NO4S2/c1-11(4-6-16-7-5-11)12-18(14,15)10-3-2-9(8-13)17-10/h2-3,12-13H,4-8H2,1H3. The van der Waals surface area contributed by atoms with E-state index in [1.54, 1.807) is 6.07 Å². The predicted octanol–water partition coefficient (Wildman–Crippen LogP) is 1.09. The molecule has 0 bridgehead atoms. The van der Waals surface area contributed by atoms with Crippen LogP contribution in [0.25, 0.3) is 0 Å². The van der Waals surface area contributed by atoms with Crippen LogP contribution in [0.2, 0.25) is 0 Å². The molecule has 1 saturated heterocycles. The Hall–Kier alpha value is -0.470. The maximum Gasteiger partial charge on any atom is 0.250 e. The summed E-state index contributed by atoms with van der Waals surface area (Å²) in [6, 6.07) is 3.16. The van der Waals surface area contributed by atoms with Gasteiger partial charge in [0.1, 0.15) is 4.21 Å². The third-order valence-electron chi connectivity index (χ3n) is 3.03. The molecule has 0 saturated carbocycles. The van der Waals surface area contributed by atoms with E-state index in [4.69, 9.17) is 9.84 Å². The first-order chi connectivity index (χ1) is 8.45. The molecule has 0 spiro atoms. The third kappa shape index (κ3) is 3.10. The van der Waals surface area contributed by atoms with E-state index < -0.39 is 15.6 Å². The highest BCUT2D eigenvalue weighted by atomic mass is 32.2. The van der Waals surface area contributed by atoms with Gasteiger partial charge in [-0.3, -0.25) is 0 Å². The molecular weight excluding hydrogens is 274 g/mol. The van der Waals surface area contributed by atoms with E-state index in [-0.39, 0.29) is 10.8 Å². The molecule has 0 unspecified atom stereocenters. The average molecular weight is 291 g/mol. The molecule has 1 fully saturated rings. The number of rotatable bonds is 4. The topological polar surface area (TPSA) is 75.6 Å². The highest BCUT2D eigenvalue weighted by Crippen LogP contribution is 2.26. The molecule has 2 rings (SSSR count). The zero-order valence-corrected chi connectivity index (χ0v) is 11.8. The molecular formula is C11H17NO4S2. The van der Waals surface area contributed by atoms with Crippen LogP contribution < -0.4 is 4.72 Å². The van der Waals surface area contributed by atoms with E-state index in [9.17, 15) is 8.42 Å². The molecule has 0 aliphatic carbocycles. The molecule has 0 radical (unpaired) electrons. The second-order valence-corrected chi connectivity index (χ2v) is 7.73. The first kappa shape index (κ1) is 14.0. The number of thiophene rings is 1. The van der Waals surface area contributed by atoms with E-state index in [2.05, 4.69) is 4.72 Å². The van der Waals surface area contributed by atoms with Crippen molar-refractivity contribution < 1.29 is 18.3 Å². The van der Waals surface area contributed by atoms with Crippen molar-refractivity contribution in [2.75, 3.05) is 13.2 Å². The van der Waals surface area contributed by atoms with Gasteiger partial charge in [0.15, 0.2) is 0 Å². The lowest BCUT2D eigenvalue weighted by Gasteiger charge is -2.33. The molecule has 102 valence electrons. The van der Waals surface area contributed by atoms with Gasteiger partial charge in [0.05, 0.1) is 6.61 Å². The fourth-order valence-electron chi connectivity index (χ4n) is 1.89. The Morgan fingerprint density at radius 2 is 2.11 bits per heavy atom. The quantitative estimate of drug-likeness (QED) is 0.870. The highest BCUT2D eigenvalue weighted by molar-refractivity contribution is 7.91. The van der Waals surface area contributed by atoms with Gasteiger partial charge in [-0.25, -0.2) is 13.1 Å².